The molecule has 1 atom stereocenters. The van der Waals surface area contributed by atoms with E-state index >= 15 is 0 Å². The third-order valence-corrected chi connectivity index (χ3v) is 5.20. The number of carboxylic acid groups (broad SMARTS) is 1. The number of carboxylic acids is 1. The van der Waals surface area contributed by atoms with E-state index < -0.39 is 18.2 Å². The largest absolute Gasteiger partial charge is 0.492 e. The second-order valence-electron chi connectivity index (χ2n) is 8.11. The number of rotatable bonds is 17. The first-order valence-electron chi connectivity index (χ1n) is 12.2. The molecular weight excluding hydrogens is 469 g/mol. The number of halogens is 1. The third kappa shape index (κ3) is 11.0. The molecule has 0 aromatic heterocycles. The SMILES string of the molecule is CCCOC(=O)N(CCCOCc1ccc(F)cc1)CCOc1ccc(CC(OCC)C(=O)O)cc1. The number of hydrogen-bond acceptors (Lipinski definition) is 6. The van der Waals surface area contributed by atoms with Crippen LogP contribution in [0.1, 0.15) is 37.8 Å². The molecule has 36 heavy (non-hydrogen) atoms. The van der Waals surface area contributed by atoms with Crippen LogP contribution < -0.4 is 4.74 Å². The summed E-state index contributed by atoms with van der Waals surface area (Å²) in [6, 6.07) is 13.3. The van der Waals surface area contributed by atoms with Crippen molar-refractivity contribution in [3.8, 4) is 5.75 Å². The number of hydrogen-bond donors (Lipinski definition) is 1. The molecule has 0 fully saturated rings. The second-order valence-corrected chi connectivity index (χ2v) is 8.11. The number of carbonyl (C=O) groups is 2. The minimum absolute atomic E-state index is 0.268. The van der Waals surface area contributed by atoms with Gasteiger partial charge in [0, 0.05) is 26.2 Å². The average Bonchev–Trinajstić information content (AvgIpc) is 2.87. The van der Waals surface area contributed by atoms with E-state index in [4.69, 9.17) is 18.9 Å². The van der Waals surface area contributed by atoms with E-state index in [2.05, 4.69) is 0 Å². The van der Waals surface area contributed by atoms with Crippen LogP contribution in [0.4, 0.5) is 9.18 Å². The molecule has 198 valence electrons. The summed E-state index contributed by atoms with van der Waals surface area (Å²) in [5.41, 5.74) is 1.71. The zero-order valence-corrected chi connectivity index (χ0v) is 21.0. The molecule has 2 aromatic rings. The maximum atomic E-state index is 13.0. The second kappa shape index (κ2) is 16.5. The number of carbonyl (C=O) groups excluding carboxylic acids is 1. The number of nitrogens with zero attached hydrogens (tertiary/aromatic N) is 1. The molecule has 0 heterocycles. The molecule has 8 nitrogen and oxygen atoms in total. The third-order valence-electron chi connectivity index (χ3n) is 5.20. The van der Waals surface area contributed by atoms with Gasteiger partial charge in [-0.1, -0.05) is 31.2 Å². The van der Waals surface area contributed by atoms with Crippen LogP contribution in [0, 0.1) is 5.82 Å². The summed E-state index contributed by atoms with van der Waals surface area (Å²) in [4.78, 5) is 25.3. The Morgan fingerprint density at radius 1 is 0.944 bits per heavy atom. The Labute approximate surface area is 211 Å². The van der Waals surface area contributed by atoms with Gasteiger partial charge in [-0.2, -0.15) is 0 Å². The van der Waals surface area contributed by atoms with Gasteiger partial charge in [0.05, 0.1) is 19.8 Å². The fraction of sp³-hybridized carbons (Fsp3) is 0.481. The molecular formula is C27H36FNO7. The van der Waals surface area contributed by atoms with E-state index in [-0.39, 0.29) is 18.8 Å². The van der Waals surface area contributed by atoms with Gasteiger partial charge < -0.3 is 29.0 Å². The molecule has 9 heteroatoms. The highest BCUT2D eigenvalue weighted by Gasteiger charge is 2.18. The van der Waals surface area contributed by atoms with Crippen molar-refractivity contribution in [1.82, 2.24) is 4.90 Å². The van der Waals surface area contributed by atoms with Crippen LogP contribution in [-0.4, -0.2) is 67.7 Å². The van der Waals surface area contributed by atoms with Crippen molar-refractivity contribution in [1.29, 1.82) is 0 Å². The van der Waals surface area contributed by atoms with Gasteiger partial charge in [0.2, 0.25) is 0 Å². The topological polar surface area (TPSA) is 94.5 Å². The van der Waals surface area contributed by atoms with Gasteiger partial charge in [0.1, 0.15) is 18.2 Å². The van der Waals surface area contributed by atoms with Crippen LogP contribution in [0.3, 0.4) is 0 Å². The molecule has 0 saturated carbocycles. The van der Waals surface area contributed by atoms with Crippen molar-refractivity contribution in [3.63, 3.8) is 0 Å². The van der Waals surface area contributed by atoms with E-state index in [0.29, 0.717) is 51.7 Å². The summed E-state index contributed by atoms with van der Waals surface area (Å²) < 4.78 is 34.9. The minimum atomic E-state index is -0.993. The summed E-state index contributed by atoms with van der Waals surface area (Å²) in [7, 11) is 0. The normalized spacial score (nSPS) is 11.6. The number of benzene rings is 2. The van der Waals surface area contributed by atoms with E-state index in [9.17, 15) is 19.1 Å². The van der Waals surface area contributed by atoms with Crippen molar-refractivity contribution in [2.24, 2.45) is 0 Å². The van der Waals surface area contributed by atoms with Crippen molar-refractivity contribution in [2.45, 2.75) is 45.8 Å². The van der Waals surface area contributed by atoms with Crippen LogP contribution in [-0.2, 0) is 32.0 Å². The first kappa shape index (κ1) is 29.1. The highest BCUT2D eigenvalue weighted by atomic mass is 19.1. The summed E-state index contributed by atoms with van der Waals surface area (Å²) in [5, 5.41) is 9.23. The van der Waals surface area contributed by atoms with E-state index in [1.54, 1.807) is 48.2 Å². The molecule has 0 saturated heterocycles. The molecule has 1 unspecified atom stereocenters. The highest BCUT2D eigenvalue weighted by Crippen LogP contribution is 2.15. The minimum Gasteiger partial charge on any atom is -0.492 e. The summed E-state index contributed by atoms with van der Waals surface area (Å²) in [6.07, 6.45) is 0.329. The van der Waals surface area contributed by atoms with Crippen LogP contribution >= 0.6 is 0 Å². The maximum Gasteiger partial charge on any atom is 0.409 e. The number of amides is 1. The highest BCUT2D eigenvalue weighted by molar-refractivity contribution is 5.72. The fourth-order valence-corrected chi connectivity index (χ4v) is 3.33. The van der Waals surface area contributed by atoms with E-state index in [0.717, 1.165) is 17.5 Å². The number of aliphatic carboxylic acids is 1. The first-order valence-corrected chi connectivity index (χ1v) is 12.2. The molecule has 2 rings (SSSR count). The molecule has 0 aliphatic carbocycles. The Morgan fingerprint density at radius 2 is 1.64 bits per heavy atom. The van der Waals surface area contributed by atoms with Gasteiger partial charge in [-0.25, -0.2) is 14.0 Å². The smallest absolute Gasteiger partial charge is 0.409 e. The lowest BCUT2D eigenvalue weighted by molar-refractivity contribution is -0.149. The monoisotopic (exact) mass is 505 g/mol. The molecule has 1 amide bonds. The summed E-state index contributed by atoms with van der Waals surface area (Å²) in [5.74, 6) is -0.661. The quantitative estimate of drug-likeness (QED) is 0.312. The van der Waals surface area contributed by atoms with E-state index in [1.807, 2.05) is 6.92 Å². The zero-order chi connectivity index (χ0) is 26.2. The van der Waals surface area contributed by atoms with Crippen LogP contribution in [0.15, 0.2) is 48.5 Å². The van der Waals surface area contributed by atoms with Crippen LogP contribution in [0.25, 0.3) is 0 Å². The lowest BCUT2D eigenvalue weighted by Gasteiger charge is -2.22. The fourth-order valence-electron chi connectivity index (χ4n) is 3.33. The van der Waals surface area contributed by atoms with Gasteiger partial charge in [-0.05, 0) is 55.2 Å². The van der Waals surface area contributed by atoms with E-state index in [1.165, 1.54) is 12.1 Å². The Hall–Kier alpha value is -3.17. The van der Waals surface area contributed by atoms with Gasteiger partial charge in [-0.15, -0.1) is 0 Å². The Balaban J connectivity index is 1.78. The van der Waals surface area contributed by atoms with Gasteiger partial charge in [0.25, 0.3) is 0 Å². The maximum absolute atomic E-state index is 13.0. The van der Waals surface area contributed by atoms with Crippen molar-refractivity contribution >= 4 is 12.1 Å². The Bertz CT molecular complexity index is 905. The first-order chi connectivity index (χ1) is 17.4. The van der Waals surface area contributed by atoms with Crippen LogP contribution in [0.5, 0.6) is 5.75 Å². The predicted octanol–water partition coefficient (Wildman–Crippen LogP) is 4.69. The standard InChI is InChI=1S/C27H36FNO7/c1-3-16-36-27(32)29(14-5-17-33-20-22-6-10-23(28)11-7-22)15-18-35-24-12-8-21(9-13-24)19-25(26(30)31)34-4-2/h6-13,25H,3-5,14-20H2,1-2H3,(H,30,31). The molecule has 0 aliphatic heterocycles. The summed E-state index contributed by atoms with van der Waals surface area (Å²) >= 11 is 0. The van der Waals surface area contributed by atoms with Gasteiger partial charge >= 0.3 is 12.1 Å². The lowest BCUT2D eigenvalue weighted by Crippen LogP contribution is -2.36. The number of ether oxygens (including phenoxy) is 4. The van der Waals surface area contributed by atoms with Crippen molar-refractivity contribution in [2.75, 3.05) is 39.5 Å². The molecule has 2 aromatic carbocycles. The van der Waals surface area contributed by atoms with Crippen LogP contribution in [0.2, 0.25) is 0 Å². The van der Waals surface area contributed by atoms with Crippen molar-refractivity contribution in [3.05, 3.63) is 65.5 Å². The molecule has 0 bridgehead atoms. The predicted molar refractivity (Wildman–Crippen MR) is 133 cm³/mol. The zero-order valence-electron chi connectivity index (χ0n) is 21.0. The molecule has 0 aliphatic rings. The Kier molecular flexibility index (Phi) is 13.3. The summed E-state index contributed by atoms with van der Waals surface area (Å²) in [6.45, 7) is 6.24. The molecule has 0 radical (unpaired) electrons. The molecule has 1 N–H and O–H groups in total. The lowest BCUT2D eigenvalue weighted by atomic mass is 10.1. The van der Waals surface area contributed by atoms with Crippen molar-refractivity contribution < 1.29 is 38.0 Å². The molecule has 0 spiro atoms. The average molecular weight is 506 g/mol. The van der Waals surface area contributed by atoms with Gasteiger partial charge in [-0.3, -0.25) is 0 Å². The Morgan fingerprint density at radius 3 is 2.28 bits per heavy atom. The van der Waals surface area contributed by atoms with Gasteiger partial charge in [0.15, 0.2) is 6.10 Å².